The van der Waals surface area contributed by atoms with Gasteiger partial charge in [-0.05, 0) is 11.6 Å². The molecule has 0 aliphatic carbocycles. The number of benzene rings is 1. The van der Waals surface area contributed by atoms with Gasteiger partial charge >= 0.3 is 0 Å². The van der Waals surface area contributed by atoms with E-state index < -0.39 is 0 Å². The van der Waals surface area contributed by atoms with Crippen molar-refractivity contribution in [1.29, 1.82) is 0 Å². The Bertz CT molecular complexity index is 546. The van der Waals surface area contributed by atoms with Gasteiger partial charge in [0.2, 0.25) is 10.7 Å². The molecule has 19 heavy (non-hydrogen) atoms. The topological polar surface area (TPSA) is 36.5 Å². The van der Waals surface area contributed by atoms with Crippen LogP contribution >= 0.6 is 11.8 Å². The van der Waals surface area contributed by atoms with Gasteiger partial charge in [-0.15, -0.1) is 0 Å². The van der Waals surface area contributed by atoms with Crippen LogP contribution in [0.5, 0.6) is 0 Å². The molecule has 0 saturated heterocycles. The van der Waals surface area contributed by atoms with Crippen LogP contribution in [0.4, 0.5) is 0 Å². The van der Waals surface area contributed by atoms with Crippen LogP contribution in [-0.2, 0) is 12.8 Å². The van der Waals surface area contributed by atoms with Crippen molar-refractivity contribution in [3.8, 4) is 0 Å². The van der Waals surface area contributed by atoms with Gasteiger partial charge in [-0.3, -0.25) is 0 Å². The zero-order chi connectivity index (χ0) is 12.8. The van der Waals surface area contributed by atoms with Crippen molar-refractivity contribution < 1.29 is 33.8 Å². The molecular formula is C14H15IN2OS. The molecule has 0 unspecified atom stereocenters. The van der Waals surface area contributed by atoms with Crippen LogP contribution in [0.15, 0.2) is 59.9 Å². The number of aromatic nitrogens is 1. The molecule has 0 bridgehead atoms. The van der Waals surface area contributed by atoms with Crippen molar-refractivity contribution in [3.05, 3.63) is 66.0 Å². The van der Waals surface area contributed by atoms with Crippen LogP contribution in [0.2, 0.25) is 0 Å². The Morgan fingerprint density at radius 1 is 1.16 bits per heavy atom. The highest BCUT2D eigenvalue weighted by atomic mass is 127. The van der Waals surface area contributed by atoms with Crippen molar-refractivity contribution in [2.24, 2.45) is 12.2 Å². The molecule has 2 rings (SSSR count). The van der Waals surface area contributed by atoms with Gasteiger partial charge in [0, 0.05) is 17.9 Å². The van der Waals surface area contributed by atoms with E-state index in [1.165, 1.54) is 17.3 Å². The molecular weight excluding hydrogens is 371 g/mol. The molecule has 0 spiro atoms. The van der Waals surface area contributed by atoms with E-state index in [4.69, 9.17) is 5.21 Å². The number of hydrogen-bond acceptors (Lipinski definition) is 3. The molecule has 0 amide bonds. The van der Waals surface area contributed by atoms with Gasteiger partial charge in [-0.1, -0.05) is 47.2 Å². The fourth-order valence-corrected chi connectivity index (χ4v) is 2.54. The van der Waals surface area contributed by atoms with E-state index in [1.54, 1.807) is 0 Å². The zero-order valence-electron chi connectivity index (χ0n) is 10.5. The van der Waals surface area contributed by atoms with Gasteiger partial charge in [0.05, 0.1) is 0 Å². The molecule has 0 aliphatic rings. The Labute approximate surface area is 134 Å². The number of oxime groups is 1. The van der Waals surface area contributed by atoms with E-state index >= 15 is 0 Å². The van der Waals surface area contributed by atoms with Crippen molar-refractivity contribution in [2.45, 2.75) is 5.75 Å². The maximum Gasteiger partial charge on any atom is 0.240 e. The average Bonchev–Trinajstić information content (AvgIpc) is 2.42. The van der Waals surface area contributed by atoms with Gasteiger partial charge < -0.3 is 29.2 Å². The fourth-order valence-electron chi connectivity index (χ4n) is 1.63. The molecule has 5 heteroatoms. The number of halogens is 1. The van der Waals surface area contributed by atoms with E-state index in [0.717, 1.165) is 11.4 Å². The molecule has 1 aromatic carbocycles. The van der Waals surface area contributed by atoms with Crippen LogP contribution in [-0.4, -0.2) is 10.3 Å². The molecule has 100 valence electrons. The maximum absolute atomic E-state index is 9.14. The standard InChI is InChI=1S/C14H14N2OS.HI/c1-16-10-6-5-9-13(16)14(15-17)18-11-12-7-3-2-4-8-12;/h2-10H,11H2,1H3;1H. The predicted molar refractivity (Wildman–Crippen MR) is 73.7 cm³/mol. The van der Waals surface area contributed by atoms with Crippen molar-refractivity contribution in [1.82, 2.24) is 0 Å². The lowest BCUT2D eigenvalue weighted by atomic mass is 10.2. The minimum Gasteiger partial charge on any atom is -1.00 e. The van der Waals surface area contributed by atoms with Gasteiger partial charge in [0.15, 0.2) is 6.20 Å². The Morgan fingerprint density at radius 2 is 1.84 bits per heavy atom. The summed E-state index contributed by atoms with van der Waals surface area (Å²) in [7, 11) is 1.93. The highest BCUT2D eigenvalue weighted by Crippen LogP contribution is 2.16. The summed E-state index contributed by atoms with van der Waals surface area (Å²) < 4.78 is 1.94. The van der Waals surface area contributed by atoms with Gasteiger partial charge in [0.1, 0.15) is 7.05 Å². The zero-order valence-corrected chi connectivity index (χ0v) is 13.5. The third-order valence-corrected chi connectivity index (χ3v) is 3.63. The van der Waals surface area contributed by atoms with Crippen molar-refractivity contribution in [3.63, 3.8) is 0 Å². The number of aryl methyl sites for hydroxylation is 1. The summed E-state index contributed by atoms with van der Waals surface area (Å²) in [4.78, 5) is 0. The highest BCUT2D eigenvalue weighted by molar-refractivity contribution is 8.13. The summed E-state index contributed by atoms with van der Waals surface area (Å²) in [5, 5.41) is 13.2. The van der Waals surface area contributed by atoms with Crippen LogP contribution in [0.3, 0.4) is 0 Å². The smallest absolute Gasteiger partial charge is 0.240 e. The molecule has 1 N–H and O–H groups in total. The molecule has 0 atom stereocenters. The van der Waals surface area contributed by atoms with Gasteiger partial charge in [-0.25, -0.2) is 0 Å². The first-order chi connectivity index (χ1) is 8.81. The summed E-state index contributed by atoms with van der Waals surface area (Å²) in [5.41, 5.74) is 2.11. The lowest BCUT2D eigenvalue weighted by Crippen LogP contribution is -3.00. The summed E-state index contributed by atoms with van der Waals surface area (Å²) in [6.07, 6.45) is 1.93. The third-order valence-electron chi connectivity index (χ3n) is 2.58. The van der Waals surface area contributed by atoms with Crippen LogP contribution in [0, 0.1) is 0 Å². The molecule has 0 saturated carbocycles. The van der Waals surface area contributed by atoms with Gasteiger partial charge in [0.25, 0.3) is 0 Å². The molecule has 0 radical (unpaired) electrons. The Morgan fingerprint density at radius 3 is 2.47 bits per heavy atom. The van der Waals surface area contributed by atoms with E-state index in [9.17, 15) is 0 Å². The lowest BCUT2D eigenvalue weighted by Gasteiger charge is -2.02. The molecule has 3 nitrogen and oxygen atoms in total. The van der Waals surface area contributed by atoms with Crippen LogP contribution in [0.25, 0.3) is 0 Å². The maximum atomic E-state index is 9.14. The normalized spacial score (nSPS) is 10.9. The number of hydrogen-bond donors (Lipinski definition) is 1. The third kappa shape index (κ3) is 4.50. The first-order valence-electron chi connectivity index (χ1n) is 5.65. The second kappa shape index (κ2) is 8.16. The van der Waals surface area contributed by atoms with Crippen LogP contribution < -0.4 is 28.5 Å². The van der Waals surface area contributed by atoms with Crippen molar-refractivity contribution in [2.75, 3.05) is 0 Å². The summed E-state index contributed by atoms with van der Waals surface area (Å²) in [6, 6.07) is 16.0. The largest absolute Gasteiger partial charge is 1.00 e. The Hall–Kier alpha value is -1.08. The summed E-state index contributed by atoms with van der Waals surface area (Å²) in [6.45, 7) is 0. The Kier molecular flexibility index (Phi) is 6.86. The molecule has 1 aromatic heterocycles. The van der Waals surface area contributed by atoms with Crippen molar-refractivity contribution >= 4 is 16.8 Å². The lowest BCUT2D eigenvalue weighted by molar-refractivity contribution is -0.672. The quantitative estimate of drug-likeness (QED) is 0.194. The molecule has 0 aliphatic heterocycles. The van der Waals surface area contributed by atoms with Crippen LogP contribution in [0.1, 0.15) is 11.3 Å². The fraction of sp³-hybridized carbons (Fsp3) is 0.143. The highest BCUT2D eigenvalue weighted by Gasteiger charge is 2.14. The average molecular weight is 386 g/mol. The predicted octanol–water partition coefficient (Wildman–Crippen LogP) is -0.416. The van der Waals surface area contributed by atoms with E-state index in [2.05, 4.69) is 17.3 Å². The van der Waals surface area contributed by atoms with E-state index in [1.807, 2.05) is 54.2 Å². The molecule has 1 heterocycles. The minimum atomic E-state index is 0. The molecule has 2 aromatic rings. The van der Waals surface area contributed by atoms with Gasteiger partial charge in [-0.2, -0.15) is 4.57 Å². The SMILES string of the molecule is C[n+]1ccccc1C(=NO)SCc1ccccc1.[I-]. The van der Waals surface area contributed by atoms with E-state index in [0.29, 0.717) is 5.04 Å². The number of rotatable bonds is 3. The van der Waals surface area contributed by atoms with E-state index in [-0.39, 0.29) is 24.0 Å². The Balaban J connectivity index is 0.00000180. The number of thioether (sulfide) groups is 1. The minimum absolute atomic E-state index is 0. The first kappa shape index (κ1) is 16.0. The number of nitrogens with zero attached hydrogens (tertiary/aromatic N) is 2. The second-order valence-electron chi connectivity index (χ2n) is 3.88. The summed E-state index contributed by atoms with van der Waals surface area (Å²) in [5.74, 6) is 0.787. The monoisotopic (exact) mass is 386 g/mol. The molecule has 0 fully saturated rings. The summed E-state index contributed by atoms with van der Waals surface area (Å²) >= 11 is 1.52. The first-order valence-corrected chi connectivity index (χ1v) is 6.63. The number of pyridine rings is 1. The second-order valence-corrected chi connectivity index (χ2v) is 4.84.